The van der Waals surface area contributed by atoms with Crippen molar-refractivity contribution in [1.82, 2.24) is 5.32 Å². The number of carbonyl (C=O) groups is 2. The van der Waals surface area contributed by atoms with Crippen LogP contribution in [0.4, 0.5) is 0 Å². The summed E-state index contributed by atoms with van der Waals surface area (Å²) in [4.78, 5) is 23.5. The third-order valence-electron chi connectivity index (χ3n) is 4.89. The first kappa shape index (κ1) is 26.5. The lowest BCUT2D eigenvalue weighted by molar-refractivity contribution is -0.117. The van der Waals surface area contributed by atoms with Crippen molar-refractivity contribution in [2.45, 2.75) is 13.2 Å². The second-order valence-electron chi connectivity index (χ2n) is 7.30. The first-order valence-corrected chi connectivity index (χ1v) is 12.4. The highest BCUT2D eigenvalue weighted by atomic mass is 127. The Hall–Kier alpha value is -3.11. The Balaban J connectivity index is 1.67. The van der Waals surface area contributed by atoms with Crippen LogP contribution in [-0.4, -0.2) is 24.1 Å². The van der Waals surface area contributed by atoms with Gasteiger partial charge in [-0.1, -0.05) is 24.3 Å². The zero-order valence-electron chi connectivity index (χ0n) is 18.5. The van der Waals surface area contributed by atoms with Gasteiger partial charge in [0.2, 0.25) is 0 Å². The van der Waals surface area contributed by atoms with Crippen molar-refractivity contribution in [3.63, 3.8) is 0 Å². The number of rotatable bonds is 9. The minimum Gasteiger partial charge on any atom is -0.497 e. The second-order valence-corrected chi connectivity index (χ2v) is 9.63. The number of benzene rings is 3. The lowest BCUT2D eigenvalue weighted by Gasteiger charge is -2.12. The van der Waals surface area contributed by atoms with E-state index < -0.39 is 11.9 Å². The molecule has 1 amide bonds. The average Bonchev–Trinajstić information content (AvgIpc) is 2.85. The molecule has 0 atom stereocenters. The molecule has 3 aromatic rings. The maximum Gasteiger partial charge on any atom is 0.335 e. The summed E-state index contributed by atoms with van der Waals surface area (Å²) in [7, 11) is 1.59. The number of carboxylic acid groups (broad SMARTS) is 1. The summed E-state index contributed by atoms with van der Waals surface area (Å²) in [5.74, 6) is -0.0339. The van der Waals surface area contributed by atoms with Crippen LogP contribution in [0.1, 0.15) is 27.0 Å². The van der Waals surface area contributed by atoms with E-state index in [1.54, 1.807) is 37.5 Å². The zero-order valence-corrected chi connectivity index (χ0v) is 22.9. The van der Waals surface area contributed by atoms with Crippen molar-refractivity contribution in [3.05, 3.63) is 95.6 Å². The Kier molecular flexibility index (Phi) is 9.50. The fourth-order valence-corrected chi connectivity index (χ4v) is 5.16. The Morgan fingerprint density at radius 2 is 1.63 bits per heavy atom. The number of nitrogens with one attached hydrogen (secondary N) is 1. The van der Waals surface area contributed by atoms with Gasteiger partial charge in [0.15, 0.2) is 0 Å². The molecule has 9 heteroatoms. The van der Waals surface area contributed by atoms with E-state index in [0.717, 1.165) is 24.0 Å². The van der Waals surface area contributed by atoms with Gasteiger partial charge in [-0.3, -0.25) is 4.79 Å². The minimum absolute atomic E-state index is 0.00250. The summed E-state index contributed by atoms with van der Waals surface area (Å²) < 4.78 is 12.7. The fourth-order valence-electron chi connectivity index (χ4n) is 3.04. The van der Waals surface area contributed by atoms with Crippen LogP contribution in [0.15, 0.2) is 66.2 Å². The number of ether oxygens (including phenoxy) is 2. The molecule has 0 unspecified atom stereocenters. The van der Waals surface area contributed by atoms with Crippen LogP contribution in [0, 0.1) is 18.5 Å². The Bertz CT molecular complexity index is 1270. The highest BCUT2D eigenvalue weighted by molar-refractivity contribution is 14.1. The second kappa shape index (κ2) is 12.6. The summed E-state index contributed by atoms with van der Waals surface area (Å²) in [6.45, 7) is 0.565. The van der Waals surface area contributed by atoms with E-state index in [0.29, 0.717) is 11.3 Å². The number of hydrogen-bond acceptors (Lipinski definition) is 5. The van der Waals surface area contributed by atoms with Crippen LogP contribution in [0.25, 0.3) is 6.08 Å². The van der Waals surface area contributed by atoms with E-state index in [2.05, 4.69) is 50.5 Å². The maximum atomic E-state index is 12.5. The van der Waals surface area contributed by atoms with Gasteiger partial charge in [-0.15, -0.1) is 0 Å². The third kappa shape index (κ3) is 7.43. The topological polar surface area (TPSA) is 109 Å². The molecule has 2 N–H and O–H groups in total. The summed E-state index contributed by atoms with van der Waals surface area (Å²) in [6.07, 6.45) is 1.54. The molecule has 0 spiro atoms. The van der Waals surface area contributed by atoms with E-state index in [9.17, 15) is 14.9 Å². The lowest BCUT2D eigenvalue weighted by Crippen LogP contribution is -2.23. The molecule has 0 aliphatic carbocycles. The van der Waals surface area contributed by atoms with Crippen molar-refractivity contribution >= 4 is 63.1 Å². The molecule has 0 bridgehead atoms. The molecule has 0 heterocycles. The molecule has 0 saturated heterocycles. The molecule has 3 rings (SSSR count). The molecule has 178 valence electrons. The third-order valence-corrected chi connectivity index (χ3v) is 6.50. The van der Waals surface area contributed by atoms with Gasteiger partial charge < -0.3 is 19.9 Å². The molecule has 0 aliphatic rings. The molecule has 0 saturated carbocycles. The minimum atomic E-state index is -0.976. The number of amides is 1. The largest absolute Gasteiger partial charge is 0.497 e. The van der Waals surface area contributed by atoms with Gasteiger partial charge in [-0.05, 0) is 104 Å². The van der Waals surface area contributed by atoms with Crippen molar-refractivity contribution in [2.75, 3.05) is 7.11 Å². The van der Waals surface area contributed by atoms with Crippen LogP contribution in [-0.2, 0) is 17.9 Å². The van der Waals surface area contributed by atoms with Crippen molar-refractivity contribution in [2.24, 2.45) is 0 Å². The quantitative estimate of drug-likeness (QED) is 0.177. The SMILES string of the molecule is COc1ccc(CNC(=O)/C(C#N)=C\c2cc(I)c(OCc3ccc(C(=O)O)cc3)c(I)c2)cc1. The predicted molar refractivity (Wildman–Crippen MR) is 148 cm³/mol. The Morgan fingerprint density at radius 3 is 2.17 bits per heavy atom. The average molecular weight is 694 g/mol. The van der Waals surface area contributed by atoms with Gasteiger partial charge in [0.25, 0.3) is 5.91 Å². The molecule has 35 heavy (non-hydrogen) atoms. The van der Waals surface area contributed by atoms with Gasteiger partial charge in [-0.25, -0.2) is 4.79 Å². The number of methoxy groups -OCH3 is 1. The fraction of sp³-hybridized carbons (Fsp3) is 0.115. The lowest BCUT2D eigenvalue weighted by atomic mass is 10.1. The summed E-state index contributed by atoms with van der Waals surface area (Å²) in [6, 6.07) is 19.4. The molecule has 0 fully saturated rings. The van der Waals surface area contributed by atoms with Gasteiger partial charge in [0.1, 0.15) is 29.7 Å². The van der Waals surface area contributed by atoms with Crippen molar-refractivity contribution in [1.29, 1.82) is 5.26 Å². The van der Waals surface area contributed by atoms with Crippen molar-refractivity contribution in [3.8, 4) is 17.6 Å². The van der Waals surface area contributed by atoms with Gasteiger partial charge >= 0.3 is 5.97 Å². The van der Waals surface area contributed by atoms with Crippen LogP contribution in [0.5, 0.6) is 11.5 Å². The Morgan fingerprint density at radius 1 is 1.03 bits per heavy atom. The maximum absolute atomic E-state index is 12.5. The van der Waals surface area contributed by atoms with Crippen LogP contribution in [0.3, 0.4) is 0 Å². The summed E-state index contributed by atoms with van der Waals surface area (Å²) in [5, 5.41) is 21.3. The van der Waals surface area contributed by atoms with E-state index in [-0.39, 0.29) is 24.3 Å². The van der Waals surface area contributed by atoms with E-state index >= 15 is 0 Å². The molecule has 0 aliphatic heterocycles. The number of aromatic carboxylic acids is 1. The summed E-state index contributed by atoms with van der Waals surface area (Å²) >= 11 is 4.29. The number of carboxylic acids is 1. The number of halogens is 2. The molecule has 0 radical (unpaired) electrons. The summed E-state index contributed by atoms with van der Waals surface area (Å²) in [5.41, 5.74) is 2.64. The van der Waals surface area contributed by atoms with Crippen LogP contribution >= 0.6 is 45.2 Å². The molecule has 3 aromatic carbocycles. The van der Waals surface area contributed by atoms with E-state index in [4.69, 9.17) is 14.6 Å². The highest BCUT2D eigenvalue weighted by Gasteiger charge is 2.13. The molecular formula is C26H20I2N2O5. The van der Waals surface area contributed by atoms with Gasteiger partial charge in [-0.2, -0.15) is 5.26 Å². The predicted octanol–water partition coefficient (Wildman–Crippen LogP) is 5.40. The van der Waals surface area contributed by atoms with E-state index in [1.807, 2.05) is 30.3 Å². The first-order chi connectivity index (χ1) is 16.8. The smallest absolute Gasteiger partial charge is 0.335 e. The standard InChI is InChI=1S/C26H20I2N2O5/c1-34-21-8-4-16(5-9-21)14-30-25(31)20(13-29)10-18-11-22(27)24(23(28)12-18)35-15-17-2-6-19(7-3-17)26(32)33/h2-12H,14-15H2,1H3,(H,30,31)(H,32,33)/b20-10-. The molecular weight excluding hydrogens is 674 g/mol. The van der Waals surface area contributed by atoms with E-state index in [1.165, 1.54) is 12.1 Å². The van der Waals surface area contributed by atoms with Gasteiger partial charge in [0, 0.05) is 6.54 Å². The zero-order chi connectivity index (χ0) is 25.4. The highest BCUT2D eigenvalue weighted by Crippen LogP contribution is 2.30. The van der Waals surface area contributed by atoms with Crippen molar-refractivity contribution < 1.29 is 24.2 Å². The number of nitriles is 1. The number of nitrogens with zero attached hydrogens (tertiary/aromatic N) is 1. The first-order valence-electron chi connectivity index (χ1n) is 10.3. The number of hydrogen-bond donors (Lipinski definition) is 2. The Labute approximate surface area is 230 Å². The van der Waals surface area contributed by atoms with Crippen LogP contribution in [0.2, 0.25) is 0 Å². The number of carbonyl (C=O) groups excluding carboxylic acids is 1. The van der Waals surface area contributed by atoms with Crippen LogP contribution < -0.4 is 14.8 Å². The normalized spacial score (nSPS) is 10.9. The molecule has 7 nitrogen and oxygen atoms in total. The monoisotopic (exact) mass is 694 g/mol. The molecule has 0 aromatic heterocycles. The van der Waals surface area contributed by atoms with Gasteiger partial charge in [0.05, 0.1) is 19.8 Å².